The first-order valence-corrected chi connectivity index (χ1v) is 40.6. The summed E-state index contributed by atoms with van der Waals surface area (Å²) >= 11 is 0. The van der Waals surface area contributed by atoms with Crippen LogP contribution in [0.15, 0.2) is 168 Å². The molecule has 32 heteroatoms. The summed E-state index contributed by atoms with van der Waals surface area (Å²) < 4.78 is 32.3. The summed E-state index contributed by atoms with van der Waals surface area (Å²) in [6.07, 6.45) is 33.0. The molecular formula is C85H101FeN13O16RuS. The molecule has 4 aromatic rings. The molecule has 14 rings (SSSR count). The molecule has 29 nitrogen and oxygen atoms in total. The van der Waals surface area contributed by atoms with Gasteiger partial charge < -0.3 is 40.3 Å². The third kappa shape index (κ3) is 23.1. The molecule has 0 aromatic heterocycles. The summed E-state index contributed by atoms with van der Waals surface area (Å²) in [7, 11) is 3.67. The van der Waals surface area contributed by atoms with Crippen molar-refractivity contribution in [3.8, 4) is 6.07 Å². The summed E-state index contributed by atoms with van der Waals surface area (Å²) in [6.45, 7) is 5.67. The van der Waals surface area contributed by atoms with Gasteiger partial charge in [-0.1, -0.05) is 189 Å². The minimum Gasteiger partial charge on any atom is -0.477 e. The van der Waals surface area contributed by atoms with E-state index in [2.05, 4.69) is 49.2 Å². The molecule has 0 saturated heterocycles. The van der Waals surface area contributed by atoms with Crippen molar-refractivity contribution in [3.05, 3.63) is 159 Å². The number of para-hydroxylation sites is 1. The van der Waals surface area contributed by atoms with Gasteiger partial charge >= 0.3 is 29.8 Å². The minimum absolute atomic E-state index is 0. The van der Waals surface area contributed by atoms with Gasteiger partial charge in [-0.25, -0.2) is 42.6 Å². The van der Waals surface area contributed by atoms with Gasteiger partial charge in [-0.2, -0.15) is 30.7 Å². The maximum atomic E-state index is 13.8. The number of nitriles is 1. The molecule has 2 unspecified atom stereocenters. The number of esters is 1. The van der Waals surface area contributed by atoms with Gasteiger partial charge in [0.15, 0.2) is 28.7 Å². The number of anilines is 3. The van der Waals surface area contributed by atoms with Gasteiger partial charge in [0.05, 0.1) is 62.6 Å². The van der Waals surface area contributed by atoms with Crippen molar-refractivity contribution < 1.29 is 113 Å². The van der Waals surface area contributed by atoms with Crippen molar-refractivity contribution in [1.29, 1.82) is 10.7 Å². The van der Waals surface area contributed by atoms with Gasteiger partial charge in [0.1, 0.15) is 12.5 Å². The largest absolute Gasteiger partial charge is 0.477 e. The molecule has 4 aliphatic carbocycles. The van der Waals surface area contributed by atoms with E-state index in [0.29, 0.717) is 22.7 Å². The van der Waals surface area contributed by atoms with Crippen LogP contribution in [0.5, 0.6) is 0 Å². The van der Waals surface area contributed by atoms with E-state index in [-0.39, 0.29) is 115 Å². The Kier molecular flexibility index (Phi) is 35.0. The number of nitrogens with one attached hydrogen (secondary N) is 2. The number of sulfone groups is 1. The van der Waals surface area contributed by atoms with Crippen molar-refractivity contribution in [3.63, 3.8) is 0 Å². The van der Waals surface area contributed by atoms with Crippen LogP contribution in [0.4, 0.5) is 17.1 Å². The molecule has 624 valence electrons. The number of carboxylic acids is 4. The molecule has 0 bridgehead atoms. The number of hydrazone groups is 4. The van der Waals surface area contributed by atoms with Crippen LogP contribution in [0.3, 0.4) is 0 Å². The second kappa shape index (κ2) is 43.9. The number of aliphatic carboxylic acids is 4. The molecule has 4 aromatic carbocycles. The number of hydrogen-bond donors (Lipinski definition) is 6. The number of carbonyl (C=O) groups excluding carboxylic acids is 5. The second-order valence-electron chi connectivity index (χ2n) is 29.3. The van der Waals surface area contributed by atoms with E-state index in [4.69, 9.17) is 10.5 Å². The number of rotatable bonds is 20. The summed E-state index contributed by atoms with van der Waals surface area (Å²) in [4.78, 5) is 111. The summed E-state index contributed by atoms with van der Waals surface area (Å²) in [5.41, 5.74) is 3.26. The number of ether oxygens (including phenoxy) is 1. The molecule has 4 fully saturated rings. The fraction of sp³-hybridized carbons (Fsp3) is 0.424. The smallest absolute Gasteiger partial charge is 0.357 e. The number of unbranched alkanes of at least 4 members (excludes halogenated alkanes) is 2. The van der Waals surface area contributed by atoms with Crippen molar-refractivity contribution >= 4 is 126 Å². The quantitative estimate of drug-likeness (QED) is 0.0272. The first-order chi connectivity index (χ1) is 55.1. The zero-order valence-corrected chi connectivity index (χ0v) is 70.4. The molecule has 4 saturated carbocycles. The predicted molar refractivity (Wildman–Crippen MR) is 438 cm³/mol. The van der Waals surface area contributed by atoms with E-state index < -0.39 is 87.3 Å². The number of fused-ring (bicyclic) bond motifs is 1. The normalized spacial score (nSPS) is 20.7. The number of hydrogen-bond acceptors (Lipinski definition) is 20. The van der Waals surface area contributed by atoms with Crippen molar-refractivity contribution in [2.45, 2.75) is 166 Å². The Morgan fingerprint density at radius 2 is 1.11 bits per heavy atom. The Bertz CT molecular complexity index is 4780. The van der Waals surface area contributed by atoms with E-state index in [1.807, 2.05) is 55.4 Å². The Balaban J connectivity index is 0.000000215. The van der Waals surface area contributed by atoms with Gasteiger partial charge in [0.2, 0.25) is 9.84 Å². The first-order valence-electron chi connectivity index (χ1n) is 39.1. The van der Waals surface area contributed by atoms with Crippen LogP contribution in [0.2, 0.25) is 0 Å². The fourth-order valence-corrected chi connectivity index (χ4v) is 16.6. The maximum absolute atomic E-state index is 13.8. The summed E-state index contributed by atoms with van der Waals surface area (Å²) in [5, 5.41) is 77.9. The van der Waals surface area contributed by atoms with Crippen LogP contribution >= 0.6 is 0 Å². The Labute approximate surface area is 705 Å². The Morgan fingerprint density at radius 3 is 1.60 bits per heavy atom. The molecule has 2 atom stereocenters. The van der Waals surface area contributed by atoms with Gasteiger partial charge in [-0.05, 0) is 110 Å². The number of allylic oxidation sites excluding steroid dienone is 3. The third-order valence-electron chi connectivity index (χ3n) is 21.0. The van der Waals surface area contributed by atoms with Crippen LogP contribution in [0, 0.1) is 34.5 Å². The van der Waals surface area contributed by atoms with Gasteiger partial charge in [-0.15, -0.1) is 0 Å². The van der Waals surface area contributed by atoms with Crippen LogP contribution in [-0.2, 0) is 94.3 Å². The average Bonchev–Trinajstić information content (AvgIpc) is 1.57. The monoisotopic (exact) mass is 1750 g/mol. The molecule has 117 heavy (non-hydrogen) atoms. The predicted octanol–water partition coefficient (Wildman–Crippen LogP) is 12.1. The molecule has 6 heterocycles. The number of methoxy groups -OCH3 is 1. The minimum atomic E-state index is -4.06. The molecule has 4 amide bonds. The number of carboxylic acid groups (broad SMARTS) is 4. The summed E-state index contributed by atoms with van der Waals surface area (Å²) in [5.74, 6) is -8.67. The molecule has 6 aliphatic heterocycles. The van der Waals surface area contributed by atoms with E-state index in [1.165, 1.54) is 103 Å². The number of amidine groups is 1. The molecule has 6 N–H and O–H groups in total. The number of benzene rings is 4. The van der Waals surface area contributed by atoms with Crippen molar-refractivity contribution in [2.24, 2.45) is 38.2 Å². The molecule has 0 radical (unpaired) electrons. The van der Waals surface area contributed by atoms with Crippen LogP contribution in [0.1, 0.15) is 172 Å². The van der Waals surface area contributed by atoms with E-state index >= 15 is 0 Å². The first kappa shape index (κ1) is 93.3. The third-order valence-corrected chi connectivity index (χ3v) is 22.8. The standard InChI is InChI=1S/C30H34N4O6S.C18H17N5O4.C16H16N2O3.C11H14N2O3.2C5H10.Fe.Ru/c1-4-6-16-33(17-7-5-2)21-14-12-20(13-15-21)18-24-26(22-10-8-9-11-23(22)41(24,38)39)27-28(30(36)37)32-34(29(27)31)19-25(35)40-3;1-22(2)10-6-4-9(5-7-10)12-11(8-19)14(20-16(12)24)13-15(18(26)27)21-23(3)17(13)25;19-15-13(10-11-6-4-5-7-11)14(16(20)21)17-18(15)12-8-2-1-3-9-12;1-13-10(14)8(9(12-13)11(15)16)6-7-4-2-3-5-7;2*1-2-4-5-3-1;;/h8-15,18,31H,4-7,16-17,19H2,1-3H3,(H,36,37);4-7,13-14H,1-3H3,(H,20,24)(H,26,27);1-3,8-11H,4-7H2,(H,20,21);6-7H,2-5H2,1H3,(H,15,16);2*1-5H2;;/b24-18?,27-26-,31-29?;;13-10-;8-6-;;;;. The number of amides is 4. The van der Waals surface area contributed by atoms with Crippen LogP contribution in [0.25, 0.3) is 17.2 Å². The topological polar surface area (TPSA) is 406 Å². The number of nitrogens with zero attached hydrogens (tertiary/aromatic N) is 11. The second-order valence-corrected chi connectivity index (χ2v) is 31.2. The van der Waals surface area contributed by atoms with Gasteiger partial charge in [0.25, 0.3) is 23.6 Å². The van der Waals surface area contributed by atoms with Crippen LogP contribution in [-0.4, -0.2) is 187 Å². The average molecular weight is 1750 g/mol. The van der Waals surface area contributed by atoms with E-state index in [9.17, 15) is 72.2 Å². The molecule has 0 spiro atoms. The fourth-order valence-electron chi connectivity index (χ4n) is 14.9. The van der Waals surface area contributed by atoms with Crippen molar-refractivity contribution in [2.75, 3.05) is 69.7 Å². The number of carbonyl (C=O) groups is 9. The molecule has 10 aliphatic rings. The van der Waals surface area contributed by atoms with Gasteiger partial charge in [0, 0.05) is 100 Å². The van der Waals surface area contributed by atoms with Crippen LogP contribution < -0.4 is 20.1 Å². The maximum Gasteiger partial charge on any atom is 0.357 e. The van der Waals surface area contributed by atoms with E-state index in [0.717, 1.165) is 117 Å². The zero-order valence-electron chi connectivity index (χ0n) is 66.8. The van der Waals surface area contributed by atoms with Gasteiger partial charge in [-0.3, -0.25) is 29.4 Å². The zero-order chi connectivity index (χ0) is 83.2. The Morgan fingerprint density at radius 1 is 0.615 bits per heavy atom. The van der Waals surface area contributed by atoms with E-state index in [1.54, 1.807) is 78.9 Å². The molecular weight excluding hydrogens is 1650 g/mol. The number of likely N-dealkylation sites (N-methyl/N-ethyl adjacent to an activating group) is 1. The van der Waals surface area contributed by atoms with Crippen molar-refractivity contribution in [1.82, 2.24) is 20.3 Å². The Hall–Kier alpha value is -10.9. The summed E-state index contributed by atoms with van der Waals surface area (Å²) in [6, 6.07) is 30.7. The SMILES string of the molecule is C1CCCC1.C1CCCC1.CCCCN(CCCC)c1ccc(C=C2/C(=C3\C(=N)N(CC(=O)OC)N=C3C(=O)O)c3ccccc3S2(=O)=O)cc1.CN1N=C(C(=O)O)/C(=C/C2CCCC2)C1=O.CN1N=C(C(=O)O)C(C2NC(=O)C(c3ccc(N(C)C)cc3)=C2C#N)C1=O.O=C(O)C1=NN(c2ccccc2)C(=O)/C1=C\C1CCCC1.[Fe].[Ru].